The summed E-state index contributed by atoms with van der Waals surface area (Å²) in [5.74, 6) is 1.12. The van der Waals surface area contributed by atoms with Crippen LogP contribution in [0.5, 0.6) is 0 Å². The van der Waals surface area contributed by atoms with Gasteiger partial charge in [-0.05, 0) is 30.5 Å². The quantitative estimate of drug-likeness (QED) is 0.617. The summed E-state index contributed by atoms with van der Waals surface area (Å²) in [6, 6.07) is 13.9. The van der Waals surface area contributed by atoms with E-state index < -0.39 is 0 Å². The third-order valence-electron chi connectivity index (χ3n) is 3.80. The van der Waals surface area contributed by atoms with Crippen LogP contribution >= 0.6 is 23.1 Å². The van der Waals surface area contributed by atoms with Gasteiger partial charge in [0.15, 0.2) is 0 Å². The van der Waals surface area contributed by atoms with Crippen LogP contribution in [-0.4, -0.2) is 25.9 Å². The molecule has 2 aromatic heterocycles. The topological polar surface area (TPSA) is 59.8 Å². The minimum atomic E-state index is -0.262. The first-order valence-corrected chi connectivity index (χ1v) is 10.3. The number of para-hydroxylation sites is 1. The molecule has 1 aromatic carbocycles. The van der Waals surface area contributed by atoms with Gasteiger partial charge in [-0.3, -0.25) is 4.79 Å². The molecule has 0 aliphatic heterocycles. The smallest absolute Gasteiger partial charge is 0.233 e. The highest BCUT2D eigenvalue weighted by atomic mass is 32.2. The average Bonchev–Trinajstić information content (AvgIpc) is 3.30. The van der Waals surface area contributed by atoms with Crippen LogP contribution in [0.25, 0.3) is 5.69 Å². The number of thiophene rings is 1. The zero-order chi connectivity index (χ0) is 18.5. The lowest BCUT2D eigenvalue weighted by Gasteiger charge is -2.09. The first kappa shape index (κ1) is 18.7. The van der Waals surface area contributed by atoms with E-state index in [0.29, 0.717) is 11.7 Å². The number of carbonyl (C=O) groups excluding carboxylic acids is 1. The van der Waals surface area contributed by atoms with E-state index in [4.69, 9.17) is 0 Å². The van der Waals surface area contributed by atoms with Gasteiger partial charge in [-0.2, -0.15) is 0 Å². The van der Waals surface area contributed by atoms with Crippen LogP contribution in [0.15, 0.2) is 53.0 Å². The van der Waals surface area contributed by atoms with E-state index in [1.807, 2.05) is 59.5 Å². The summed E-state index contributed by atoms with van der Waals surface area (Å²) < 4.78 is 1.86. The molecule has 136 valence electrons. The van der Waals surface area contributed by atoms with Crippen molar-refractivity contribution in [2.45, 2.75) is 43.6 Å². The van der Waals surface area contributed by atoms with Crippen molar-refractivity contribution in [3.05, 3.63) is 58.5 Å². The molecule has 0 saturated carbocycles. The molecule has 0 saturated heterocycles. The molecule has 1 amide bonds. The Bertz CT molecular complexity index is 844. The number of nitrogens with one attached hydrogen (secondary N) is 1. The maximum atomic E-state index is 12.3. The van der Waals surface area contributed by atoms with E-state index >= 15 is 0 Å². The summed E-state index contributed by atoms with van der Waals surface area (Å²) in [5.41, 5.74) is 0.977. The molecule has 0 aliphatic carbocycles. The van der Waals surface area contributed by atoms with Crippen LogP contribution in [0.2, 0.25) is 0 Å². The number of nitrogens with zero attached hydrogens (tertiary/aromatic N) is 3. The van der Waals surface area contributed by atoms with Crippen LogP contribution in [-0.2, 0) is 11.3 Å². The van der Waals surface area contributed by atoms with Crippen molar-refractivity contribution in [3.63, 3.8) is 0 Å². The molecular formula is C19H22N4OS2. The van der Waals surface area contributed by atoms with Crippen molar-refractivity contribution >= 4 is 29.0 Å². The van der Waals surface area contributed by atoms with Crippen molar-refractivity contribution in [1.82, 2.24) is 20.1 Å². The summed E-state index contributed by atoms with van der Waals surface area (Å²) in [7, 11) is 0. The molecule has 1 N–H and O–H groups in total. The third kappa shape index (κ3) is 4.53. The largest absolute Gasteiger partial charge is 0.350 e. The molecule has 5 nitrogen and oxygen atoms in total. The Labute approximate surface area is 161 Å². The molecule has 3 rings (SSSR count). The SMILES string of the molecule is CC(C)c1nc(S[C@H](C)C(=O)NCc2cccs2)nn1-c1ccccc1. The van der Waals surface area contributed by atoms with Gasteiger partial charge in [0, 0.05) is 10.8 Å². The Morgan fingerprint density at radius 3 is 2.62 bits per heavy atom. The van der Waals surface area contributed by atoms with Crippen molar-refractivity contribution in [3.8, 4) is 5.69 Å². The summed E-state index contributed by atoms with van der Waals surface area (Å²) >= 11 is 3.02. The predicted molar refractivity (Wildman–Crippen MR) is 107 cm³/mol. The third-order valence-corrected chi connectivity index (χ3v) is 5.63. The summed E-state index contributed by atoms with van der Waals surface area (Å²) in [6.45, 7) is 6.63. The lowest BCUT2D eigenvalue weighted by molar-refractivity contribution is -0.120. The number of benzene rings is 1. The van der Waals surface area contributed by atoms with Gasteiger partial charge in [0.1, 0.15) is 5.82 Å². The minimum Gasteiger partial charge on any atom is -0.350 e. The molecule has 0 unspecified atom stereocenters. The van der Waals surface area contributed by atoms with Crippen molar-refractivity contribution < 1.29 is 4.79 Å². The first-order chi connectivity index (χ1) is 12.5. The number of hydrogen-bond donors (Lipinski definition) is 1. The number of hydrogen-bond acceptors (Lipinski definition) is 5. The Balaban J connectivity index is 1.70. The maximum Gasteiger partial charge on any atom is 0.233 e. The van der Waals surface area contributed by atoms with Crippen LogP contribution in [0.3, 0.4) is 0 Å². The number of amides is 1. The highest BCUT2D eigenvalue weighted by Crippen LogP contribution is 2.25. The fraction of sp³-hybridized carbons (Fsp3) is 0.316. The van der Waals surface area contributed by atoms with Gasteiger partial charge < -0.3 is 5.32 Å². The van der Waals surface area contributed by atoms with Crippen molar-refractivity contribution in [1.29, 1.82) is 0 Å². The van der Waals surface area contributed by atoms with E-state index in [2.05, 4.69) is 29.2 Å². The zero-order valence-corrected chi connectivity index (χ0v) is 16.7. The number of rotatable bonds is 7. The van der Waals surface area contributed by atoms with Crippen molar-refractivity contribution in [2.24, 2.45) is 0 Å². The van der Waals surface area contributed by atoms with Gasteiger partial charge in [0.05, 0.1) is 17.5 Å². The summed E-state index contributed by atoms with van der Waals surface area (Å²) in [6.07, 6.45) is 0. The van der Waals surface area contributed by atoms with Crippen LogP contribution in [0, 0.1) is 0 Å². The molecule has 0 spiro atoms. The second-order valence-corrected chi connectivity index (χ2v) is 8.55. The lowest BCUT2D eigenvalue weighted by Crippen LogP contribution is -2.30. The Kier molecular flexibility index (Phi) is 6.11. The molecule has 1 atom stereocenters. The molecule has 7 heteroatoms. The Morgan fingerprint density at radius 2 is 1.96 bits per heavy atom. The molecule has 26 heavy (non-hydrogen) atoms. The van der Waals surface area contributed by atoms with Gasteiger partial charge in [-0.15, -0.1) is 16.4 Å². The van der Waals surface area contributed by atoms with Gasteiger partial charge in [-0.25, -0.2) is 9.67 Å². The fourth-order valence-electron chi connectivity index (χ4n) is 2.43. The zero-order valence-electron chi connectivity index (χ0n) is 15.0. The highest BCUT2D eigenvalue weighted by Gasteiger charge is 2.20. The van der Waals surface area contributed by atoms with Gasteiger partial charge >= 0.3 is 0 Å². The monoisotopic (exact) mass is 386 g/mol. The Morgan fingerprint density at radius 1 is 1.19 bits per heavy atom. The fourth-order valence-corrected chi connectivity index (χ4v) is 3.86. The van der Waals surface area contributed by atoms with Gasteiger partial charge in [0.25, 0.3) is 0 Å². The van der Waals surface area contributed by atoms with Crippen LogP contribution < -0.4 is 5.32 Å². The van der Waals surface area contributed by atoms with Crippen LogP contribution in [0.4, 0.5) is 0 Å². The van der Waals surface area contributed by atoms with Gasteiger partial charge in [0.2, 0.25) is 11.1 Å². The standard InChI is InChI=1S/C19H22N4OS2/c1-13(2)17-21-19(22-23(17)15-8-5-4-6-9-15)26-14(3)18(24)20-12-16-10-7-11-25-16/h4-11,13-14H,12H2,1-3H3,(H,20,24)/t14-/m1/s1. The lowest BCUT2D eigenvalue weighted by atomic mass is 10.2. The van der Waals surface area contributed by atoms with E-state index in [1.165, 1.54) is 11.8 Å². The summed E-state index contributed by atoms with van der Waals surface area (Å²) in [4.78, 5) is 18.1. The van der Waals surface area contributed by atoms with E-state index in [0.717, 1.165) is 16.4 Å². The summed E-state index contributed by atoms with van der Waals surface area (Å²) in [5, 5.41) is 9.96. The Hall–Kier alpha value is -2.12. The first-order valence-electron chi connectivity index (χ1n) is 8.53. The van der Waals surface area contributed by atoms with Crippen molar-refractivity contribution in [2.75, 3.05) is 0 Å². The van der Waals surface area contributed by atoms with E-state index in [9.17, 15) is 4.79 Å². The predicted octanol–water partition coefficient (Wildman–Crippen LogP) is 4.25. The minimum absolute atomic E-state index is 0.00874. The molecule has 0 radical (unpaired) electrons. The molecule has 0 aliphatic rings. The highest BCUT2D eigenvalue weighted by molar-refractivity contribution is 8.00. The second-order valence-electron chi connectivity index (χ2n) is 6.21. The molecule has 0 fully saturated rings. The van der Waals surface area contributed by atoms with Gasteiger partial charge in [-0.1, -0.05) is 49.9 Å². The average molecular weight is 387 g/mol. The van der Waals surface area contributed by atoms with E-state index in [1.54, 1.807) is 11.3 Å². The molecular weight excluding hydrogens is 364 g/mol. The number of carbonyl (C=O) groups is 1. The molecule has 0 bridgehead atoms. The second kappa shape index (κ2) is 8.51. The number of thioether (sulfide) groups is 1. The molecule has 3 aromatic rings. The number of aromatic nitrogens is 3. The molecule has 2 heterocycles. The normalized spacial score (nSPS) is 12.3. The van der Waals surface area contributed by atoms with Crippen LogP contribution in [0.1, 0.15) is 37.4 Å². The van der Waals surface area contributed by atoms with E-state index in [-0.39, 0.29) is 17.1 Å². The maximum absolute atomic E-state index is 12.3.